The fourth-order valence-electron chi connectivity index (χ4n) is 1.57. The molecular weight excluding hydrogens is 179 g/mol. The molecular formula is C5H4B8S. The molecule has 14 heavy (non-hydrogen) atoms. The van der Waals surface area contributed by atoms with Crippen molar-refractivity contribution in [2.24, 2.45) is 0 Å². The molecule has 2 aromatic heterocycles. The first-order chi connectivity index (χ1) is 6.86. The van der Waals surface area contributed by atoms with E-state index in [-0.39, 0.29) is 0 Å². The first-order valence-corrected chi connectivity index (χ1v) is 5.45. The molecule has 0 bridgehead atoms. The second-order valence-corrected chi connectivity index (χ2v) is 4.16. The number of hydrogen-bond acceptors (Lipinski definition) is 1. The fourth-order valence-corrected chi connectivity index (χ4v) is 2.62. The molecule has 0 aliphatic carbocycles. The van der Waals surface area contributed by atoms with Crippen LogP contribution >= 0.6 is 11.3 Å². The zero-order valence-corrected chi connectivity index (χ0v) is 8.97. The van der Waals surface area contributed by atoms with Gasteiger partial charge in [-0.1, -0.05) is 0 Å². The zero-order chi connectivity index (χ0) is 9.97. The Kier molecular flexibility index (Phi) is 3.70. The normalized spacial score (nSPS) is 8.57. The third kappa shape index (κ3) is 1.93. The van der Waals surface area contributed by atoms with E-state index >= 15 is 0 Å². The predicted octanol–water partition coefficient (Wildman–Crippen LogP) is -2.60. The van der Waals surface area contributed by atoms with E-state index in [2.05, 4.69) is 47.9 Å². The third-order valence-electron chi connectivity index (χ3n) is 2.18. The zero-order valence-electron chi connectivity index (χ0n) is 8.16. The molecule has 9 heteroatoms. The Labute approximate surface area is 93.1 Å². The van der Waals surface area contributed by atoms with Crippen molar-refractivity contribution in [3.63, 3.8) is 0 Å². The molecule has 0 spiro atoms. The number of thiophene rings is 1. The Morgan fingerprint density at radius 1 is 1.29 bits per heavy atom. The summed E-state index contributed by atoms with van der Waals surface area (Å²) in [6, 6.07) is 0. The summed E-state index contributed by atoms with van der Waals surface area (Å²) >= 11 is 1.79. The summed E-state index contributed by atoms with van der Waals surface area (Å²) in [6.45, 7) is 16.7. The summed E-state index contributed by atoms with van der Waals surface area (Å²) in [5, 5.41) is 1.32. The first-order valence-electron chi connectivity index (χ1n) is 4.63. The summed E-state index contributed by atoms with van der Waals surface area (Å²) in [5.74, 6) is 0. The molecule has 0 nitrogen and oxygen atoms in total. The molecule has 2 heterocycles. The SMILES string of the molecule is B=Bc1sc2bbbbc2c1/B=B\C. The maximum atomic E-state index is 3.85. The van der Waals surface area contributed by atoms with Gasteiger partial charge in [-0.3, -0.25) is 0 Å². The Morgan fingerprint density at radius 3 is 2.79 bits per heavy atom. The van der Waals surface area contributed by atoms with Gasteiger partial charge in [0.05, 0.1) is 0 Å². The van der Waals surface area contributed by atoms with Crippen molar-refractivity contribution in [3.05, 3.63) is 0 Å². The van der Waals surface area contributed by atoms with E-state index in [0.29, 0.717) is 0 Å². The summed E-state index contributed by atoms with van der Waals surface area (Å²) in [5.41, 5.74) is 1.29. The van der Waals surface area contributed by atoms with Crippen molar-refractivity contribution >= 4 is 86.2 Å². The summed E-state index contributed by atoms with van der Waals surface area (Å²) < 4.78 is 2.58. The van der Waals surface area contributed by atoms with Crippen molar-refractivity contribution in [1.82, 2.24) is 0 Å². The van der Waals surface area contributed by atoms with Gasteiger partial charge in [-0.15, -0.1) is 0 Å². The average Bonchev–Trinajstić information content (AvgIpc) is 2.58. The van der Waals surface area contributed by atoms with Gasteiger partial charge in [0.2, 0.25) is 0 Å². The van der Waals surface area contributed by atoms with E-state index in [1.807, 2.05) is 13.6 Å². The molecule has 2 aromatic rings. The molecule has 0 saturated carbocycles. The molecule has 54 valence electrons. The molecule has 0 unspecified atom stereocenters. The van der Waals surface area contributed by atoms with Crippen LogP contribution in [0.5, 0.6) is 0 Å². The third-order valence-corrected chi connectivity index (χ3v) is 3.36. The van der Waals surface area contributed by atoms with E-state index in [4.69, 9.17) is 0 Å². The molecule has 0 radical (unpaired) electrons. The van der Waals surface area contributed by atoms with Gasteiger partial charge in [0.25, 0.3) is 0 Å². The van der Waals surface area contributed by atoms with Crippen LogP contribution < -0.4 is 10.2 Å². The van der Waals surface area contributed by atoms with Crippen molar-refractivity contribution in [3.8, 4) is 0 Å². The Balaban J connectivity index is 2.80. The van der Waals surface area contributed by atoms with E-state index < -0.39 is 0 Å². The molecule has 0 saturated heterocycles. The van der Waals surface area contributed by atoms with Gasteiger partial charge in [-0.05, 0) is 0 Å². The van der Waals surface area contributed by atoms with Gasteiger partial charge in [0.1, 0.15) is 0 Å². The first kappa shape index (κ1) is 10.7. The van der Waals surface area contributed by atoms with Crippen LogP contribution in [0.2, 0.25) is 6.82 Å². The van der Waals surface area contributed by atoms with Crippen molar-refractivity contribution < 1.29 is 0 Å². The Hall–Kier alpha value is 0.219. The van der Waals surface area contributed by atoms with Crippen LogP contribution in [0.25, 0.3) is 9.88 Å². The molecule has 0 aliphatic heterocycles. The van der Waals surface area contributed by atoms with Crippen LogP contribution in [0.1, 0.15) is 0 Å². The Morgan fingerprint density at radius 2 is 2.07 bits per heavy atom. The minimum atomic E-state index is 1.25. The molecule has 0 aliphatic rings. The van der Waals surface area contributed by atoms with E-state index in [1.54, 1.807) is 11.3 Å². The predicted molar refractivity (Wildman–Crippen MR) is 76.8 cm³/mol. The molecule has 0 N–H and O–H groups in total. The molecule has 0 fully saturated rings. The summed E-state index contributed by atoms with van der Waals surface area (Å²) in [7, 11) is 3.85. The van der Waals surface area contributed by atoms with Gasteiger partial charge in [-0.2, -0.15) is 0 Å². The molecule has 2 rings (SSSR count). The maximum absolute atomic E-state index is 3.85. The quantitative estimate of drug-likeness (QED) is 0.447. The van der Waals surface area contributed by atoms with Gasteiger partial charge in [-0.25, -0.2) is 0 Å². The van der Waals surface area contributed by atoms with Gasteiger partial charge in [0, 0.05) is 0 Å². The van der Waals surface area contributed by atoms with Crippen molar-refractivity contribution in [1.29, 1.82) is 0 Å². The molecule has 0 aromatic carbocycles. The summed E-state index contributed by atoms with van der Waals surface area (Å²) in [6.07, 6.45) is 0. The summed E-state index contributed by atoms with van der Waals surface area (Å²) in [4.78, 5) is 0. The van der Waals surface area contributed by atoms with Crippen LogP contribution in [0.3, 0.4) is 0 Å². The molecule has 0 atom stereocenters. The second-order valence-electron chi connectivity index (χ2n) is 3.08. The van der Waals surface area contributed by atoms with Gasteiger partial charge >= 0.3 is 93.0 Å². The fraction of sp³-hybridized carbons (Fsp3) is 0.200. The van der Waals surface area contributed by atoms with Crippen LogP contribution in [-0.4, -0.2) is 54.7 Å². The topological polar surface area (TPSA) is 0 Å². The van der Waals surface area contributed by atoms with Crippen LogP contribution in [0.4, 0.5) is 0 Å². The number of rotatable bonds is 2. The minimum absolute atomic E-state index is 1.25. The van der Waals surface area contributed by atoms with E-state index in [1.165, 1.54) is 20.1 Å². The standard InChI is InChI=1S/C5H4B8S/c1-7-9-2-3-5(11-13-12-10-3)14-4(2)8-6/h6H,1H3. The monoisotopic (exact) mass is 184 g/mol. The van der Waals surface area contributed by atoms with Crippen molar-refractivity contribution in [2.45, 2.75) is 6.82 Å². The van der Waals surface area contributed by atoms with Crippen molar-refractivity contribution in [2.75, 3.05) is 0 Å². The Bertz CT molecular complexity index is 501. The number of hydrogen-bond donors (Lipinski definition) is 0. The van der Waals surface area contributed by atoms with E-state index in [9.17, 15) is 0 Å². The molecule has 0 amide bonds. The average molecular weight is 183 g/mol. The van der Waals surface area contributed by atoms with Crippen LogP contribution in [0.15, 0.2) is 0 Å². The van der Waals surface area contributed by atoms with Crippen LogP contribution in [-0.2, 0) is 0 Å². The second kappa shape index (κ2) is 4.83. The van der Waals surface area contributed by atoms with Crippen LogP contribution in [0, 0.1) is 0 Å². The number of fused-ring (bicyclic) bond motifs is 1. The van der Waals surface area contributed by atoms with E-state index in [0.717, 1.165) is 0 Å². The van der Waals surface area contributed by atoms with Gasteiger partial charge < -0.3 is 0 Å². The van der Waals surface area contributed by atoms with Gasteiger partial charge in [0.15, 0.2) is 0 Å².